The van der Waals surface area contributed by atoms with Gasteiger partial charge in [0.05, 0.1) is 0 Å². The number of hydrogen-bond donors (Lipinski definition) is 0. The second kappa shape index (κ2) is 5.50. The smallest absolute Gasteiger partial charge is 0.202 e. The van der Waals surface area contributed by atoms with Crippen LogP contribution in [0.1, 0.15) is 22.8 Å². The van der Waals surface area contributed by atoms with E-state index in [1.165, 1.54) is 0 Å². The average molecular weight is 240 g/mol. The van der Waals surface area contributed by atoms with Crippen LogP contribution < -0.4 is 4.74 Å². The van der Waals surface area contributed by atoms with Crippen molar-refractivity contribution in [1.29, 1.82) is 0 Å². The van der Waals surface area contributed by atoms with Gasteiger partial charge in [-0.2, -0.15) is 0 Å². The molecule has 18 heavy (non-hydrogen) atoms. The zero-order valence-electron chi connectivity index (χ0n) is 10.6. The number of benzene rings is 2. The zero-order valence-corrected chi connectivity index (χ0v) is 10.6. The van der Waals surface area contributed by atoms with E-state index in [1.807, 2.05) is 49.4 Å². The first-order chi connectivity index (χ1) is 8.66. The number of ketones is 1. The Balaban J connectivity index is 2.09. The van der Waals surface area contributed by atoms with E-state index in [4.69, 9.17) is 4.74 Å². The van der Waals surface area contributed by atoms with Crippen LogP contribution in [0.15, 0.2) is 54.6 Å². The third-order valence-corrected chi connectivity index (χ3v) is 2.73. The van der Waals surface area contributed by atoms with E-state index in [0.717, 1.165) is 11.3 Å². The summed E-state index contributed by atoms with van der Waals surface area (Å²) in [4.78, 5) is 12.1. The highest BCUT2D eigenvalue weighted by molar-refractivity contribution is 5.99. The van der Waals surface area contributed by atoms with E-state index in [2.05, 4.69) is 0 Å². The Morgan fingerprint density at radius 2 is 1.78 bits per heavy atom. The standard InChI is InChI=1S/C16H16O2/c1-12-7-6-10-15(11-12)18-13(2)16(17)14-8-4-3-5-9-14/h3-11,13H,1-2H3. The largest absolute Gasteiger partial charge is 0.483 e. The van der Waals surface area contributed by atoms with Crippen LogP contribution in [-0.4, -0.2) is 11.9 Å². The number of aryl methyl sites for hydroxylation is 1. The summed E-state index contributed by atoms with van der Waals surface area (Å²) in [7, 11) is 0. The number of Topliss-reactive ketones (excluding diaryl/α,β-unsaturated/α-hetero) is 1. The van der Waals surface area contributed by atoms with Crippen LogP contribution in [0.4, 0.5) is 0 Å². The first kappa shape index (κ1) is 12.4. The van der Waals surface area contributed by atoms with Gasteiger partial charge in [-0.05, 0) is 31.5 Å². The highest BCUT2D eigenvalue weighted by Crippen LogP contribution is 2.16. The summed E-state index contributed by atoms with van der Waals surface area (Å²) in [5, 5.41) is 0. The molecule has 0 aromatic heterocycles. The molecule has 0 aliphatic rings. The Morgan fingerprint density at radius 3 is 2.44 bits per heavy atom. The number of carbonyl (C=O) groups excluding carboxylic acids is 1. The summed E-state index contributed by atoms with van der Waals surface area (Å²) in [6.45, 7) is 3.77. The number of ether oxygens (including phenoxy) is 1. The minimum Gasteiger partial charge on any atom is -0.483 e. The summed E-state index contributed by atoms with van der Waals surface area (Å²) in [5.74, 6) is 0.726. The lowest BCUT2D eigenvalue weighted by atomic mass is 10.1. The van der Waals surface area contributed by atoms with E-state index in [-0.39, 0.29) is 5.78 Å². The van der Waals surface area contributed by atoms with E-state index >= 15 is 0 Å². The van der Waals surface area contributed by atoms with Crippen LogP contribution in [-0.2, 0) is 0 Å². The summed E-state index contributed by atoms with van der Waals surface area (Å²) in [6.07, 6.45) is -0.478. The monoisotopic (exact) mass is 240 g/mol. The molecule has 0 heterocycles. The van der Waals surface area contributed by atoms with Crippen molar-refractivity contribution in [3.8, 4) is 5.75 Å². The summed E-state index contributed by atoms with van der Waals surface area (Å²) in [6, 6.07) is 16.9. The molecule has 2 aromatic rings. The maximum atomic E-state index is 12.1. The topological polar surface area (TPSA) is 26.3 Å². The minimum absolute atomic E-state index is 0.00268. The molecule has 0 N–H and O–H groups in total. The van der Waals surface area contributed by atoms with Gasteiger partial charge in [0.1, 0.15) is 5.75 Å². The van der Waals surface area contributed by atoms with Crippen molar-refractivity contribution in [2.75, 3.05) is 0 Å². The van der Waals surface area contributed by atoms with E-state index in [1.54, 1.807) is 19.1 Å². The third kappa shape index (κ3) is 2.98. The highest BCUT2D eigenvalue weighted by atomic mass is 16.5. The quantitative estimate of drug-likeness (QED) is 0.762. The lowest BCUT2D eigenvalue weighted by molar-refractivity contribution is 0.0818. The first-order valence-electron chi connectivity index (χ1n) is 5.99. The van der Waals surface area contributed by atoms with Crippen molar-refractivity contribution in [3.63, 3.8) is 0 Å². The van der Waals surface area contributed by atoms with Crippen molar-refractivity contribution in [1.82, 2.24) is 0 Å². The van der Waals surface area contributed by atoms with Crippen molar-refractivity contribution in [2.45, 2.75) is 20.0 Å². The van der Waals surface area contributed by atoms with Crippen LogP contribution in [0, 0.1) is 6.92 Å². The van der Waals surface area contributed by atoms with Gasteiger partial charge in [0.15, 0.2) is 6.10 Å². The summed E-state index contributed by atoms with van der Waals surface area (Å²) >= 11 is 0. The van der Waals surface area contributed by atoms with E-state index in [9.17, 15) is 4.79 Å². The van der Waals surface area contributed by atoms with Crippen molar-refractivity contribution in [2.24, 2.45) is 0 Å². The van der Waals surface area contributed by atoms with Crippen molar-refractivity contribution >= 4 is 5.78 Å². The molecule has 2 nitrogen and oxygen atoms in total. The molecule has 0 radical (unpaired) electrons. The third-order valence-electron chi connectivity index (χ3n) is 2.73. The minimum atomic E-state index is -0.478. The molecule has 2 aromatic carbocycles. The number of carbonyl (C=O) groups is 1. The molecule has 0 saturated carbocycles. The van der Waals surface area contributed by atoms with Gasteiger partial charge < -0.3 is 4.74 Å². The highest BCUT2D eigenvalue weighted by Gasteiger charge is 2.16. The van der Waals surface area contributed by atoms with Crippen LogP contribution in [0.5, 0.6) is 5.75 Å². The Bertz CT molecular complexity index is 532. The Morgan fingerprint density at radius 1 is 1.06 bits per heavy atom. The molecule has 0 aliphatic carbocycles. The fourth-order valence-corrected chi connectivity index (χ4v) is 1.78. The average Bonchev–Trinajstić information content (AvgIpc) is 2.39. The molecule has 0 aliphatic heterocycles. The SMILES string of the molecule is Cc1cccc(OC(C)C(=O)c2ccccc2)c1. The fourth-order valence-electron chi connectivity index (χ4n) is 1.78. The molecule has 0 bridgehead atoms. The second-order valence-corrected chi connectivity index (χ2v) is 4.31. The molecule has 92 valence electrons. The molecule has 1 unspecified atom stereocenters. The molecule has 1 atom stereocenters. The summed E-state index contributed by atoms with van der Waals surface area (Å²) in [5.41, 5.74) is 1.80. The molecular weight excluding hydrogens is 224 g/mol. The normalized spacial score (nSPS) is 11.9. The van der Waals surface area contributed by atoms with Crippen LogP contribution in [0.3, 0.4) is 0 Å². The predicted octanol–water partition coefficient (Wildman–Crippen LogP) is 3.65. The van der Waals surface area contributed by atoms with Crippen LogP contribution in [0.25, 0.3) is 0 Å². The molecule has 0 fully saturated rings. The molecule has 0 saturated heterocycles. The van der Waals surface area contributed by atoms with Crippen LogP contribution >= 0.6 is 0 Å². The Labute approximate surface area is 107 Å². The molecule has 0 amide bonds. The Hall–Kier alpha value is -2.09. The summed E-state index contributed by atoms with van der Waals surface area (Å²) < 4.78 is 5.66. The molecular formula is C16H16O2. The van der Waals surface area contributed by atoms with Gasteiger partial charge >= 0.3 is 0 Å². The van der Waals surface area contributed by atoms with E-state index in [0.29, 0.717) is 5.56 Å². The van der Waals surface area contributed by atoms with Gasteiger partial charge in [-0.15, -0.1) is 0 Å². The van der Waals surface area contributed by atoms with Gasteiger partial charge in [-0.25, -0.2) is 0 Å². The van der Waals surface area contributed by atoms with Gasteiger partial charge in [-0.1, -0.05) is 42.5 Å². The van der Waals surface area contributed by atoms with Gasteiger partial charge in [0.2, 0.25) is 5.78 Å². The van der Waals surface area contributed by atoms with Gasteiger partial charge in [0, 0.05) is 5.56 Å². The Kier molecular flexibility index (Phi) is 3.78. The van der Waals surface area contributed by atoms with Crippen LogP contribution in [0.2, 0.25) is 0 Å². The lowest BCUT2D eigenvalue weighted by Crippen LogP contribution is -2.23. The van der Waals surface area contributed by atoms with Gasteiger partial charge in [-0.3, -0.25) is 4.79 Å². The van der Waals surface area contributed by atoms with Crippen molar-refractivity contribution in [3.05, 3.63) is 65.7 Å². The fraction of sp³-hybridized carbons (Fsp3) is 0.188. The lowest BCUT2D eigenvalue weighted by Gasteiger charge is -2.14. The predicted molar refractivity (Wildman–Crippen MR) is 72.0 cm³/mol. The zero-order chi connectivity index (χ0) is 13.0. The van der Waals surface area contributed by atoms with Gasteiger partial charge in [0.25, 0.3) is 0 Å². The second-order valence-electron chi connectivity index (χ2n) is 4.31. The van der Waals surface area contributed by atoms with E-state index < -0.39 is 6.10 Å². The molecule has 2 heteroatoms. The first-order valence-corrected chi connectivity index (χ1v) is 5.99. The van der Waals surface area contributed by atoms with Crippen molar-refractivity contribution < 1.29 is 9.53 Å². The molecule has 2 rings (SSSR count). The number of rotatable bonds is 4. The molecule has 0 spiro atoms. The maximum Gasteiger partial charge on any atom is 0.202 e. The maximum absolute atomic E-state index is 12.1. The number of hydrogen-bond acceptors (Lipinski definition) is 2.